The maximum atomic E-state index is 3.79. The summed E-state index contributed by atoms with van der Waals surface area (Å²) in [6, 6.07) is 7.50. The molecule has 2 atom stereocenters. The van der Waals surface area contributed by atoms with Gasteiger partial charge in [0.25, 0.3) is 0 Å². The van der Waals surface area contributed by atoms with Crippen molar-refractivity contribution in [1.82, 2.24) is 5.32 Å². The van der Waals surface area contributed by atoms with Gasteiger partial charge in [-0.05, 0) is 63.0 Å². The second-order valence-corrected chi connectivity index (χ2v) is 7.09. The van der Waals surface area contributed by atoms with Gasteiger partial charge in [-0.3, -0.25) is 0 Å². The van der Waals surface area contributed by atoms with E-state index in [0.717, 1.165) is 11.8 Å². The molecular weight excluding hydrogens is 250 g/mol. The molecule has 0 aromatic heterocycles. The van der Waals surface area contributed by atoms with Crippen LogP contribution < -0.4 is 5.32 Å². The first-order valence-corrected chi connectivity index (χ1v) is 8.66. The van der Waals surface area contributed by atoms with Crippen molar-refractivity contribution in [2.75, 3.05) is 12.3 Å². The van der Waals surface area contributed by atoms with Crippen LogP contribution in [-0.4, -0.2) is 23.6 Å². The van der Waals surface area contributed by atoms with E-state index in [1.807, 2.05) is 0 Å². The lowest BCUT2D eigenvalue weighted by Crippen LogP contribution is -2.39. The second kappa shape index (κ2) is 7.35. The van der Waals surface area contributed by atoms with E-state index >= 15 is 0 Å². The smallest absolute Gasteiger partial charge is 0.0227 e. The predicted molar refractivity (Wildman–Crippen MR) is 87.2 cm³/mol. The molecule has 1 saturated heterocycles. The summed E-state index contributed by atoms with van der Waals surface area (Å²) in [6.45, 7) is 7.84. The summed E-state index contributed by atoms with van der Waals surface area (Å²) in [7, 11) is 0. The Labute approximate surface area is 122 Å². The molecule has 1 heterocycles. The maximum Gasteiger partial charge on any atom is 0.0227 e. The van der Waals surface area contributed by atoms with Crippen molar-refractivity contribution >= 4 is 11.8 Å². The Hall–Kier alpha value is -0.470. The number of rotatable bonds is 6. The molecule has 2 rings (SSSR count). The van der Waals surface area contributed by atoms with E-state index in [2.05, 4.69) is 56.0 Å². The molecule has 1 aliphatic rings. The van der Waals surface area contributed by atoms with E-state index in [1.165, 1.54) is 48.1 Å². The van der Waals surface area contributed by atoms with Crippen LogP contribution in [0, 0.1) is 13.8 Å². The minimum Gasteiger partial charge on any atom is -0.313 e. The third kappa shape index (κ3) is 4.25. The summed E-state index contributed by atoms with van der Waals surface area (Å²) in [5.41, 5.74) is 4.35. The molecule has 0 aliphatic carbocycles. The van der Waals surface area contributed by atoms with Gasteiger partial charge < -0.3 is 5.32 Å². The monoisotopic (exact) mass is 277 g/mol. The first-order valence-electron chi connectivity index (χ1n) is 7.62. The van der Waals surface area contributed by atoms with E-state index in [1.54, 1.807) is 0 Å². The van der Waals surface area contributed by atoms with Crippen LogP contribution in [0.5, 0.6) is 0 Å². The molecule has 2 unspecified atom stereocenters. The van der Waals surface area contributed by atoms with Gasteiger partial charge in [0.05, 0.1) is 0 Å². The van der Waals surface area contributed by atoms with E-state index in [4.69, 9.17) is 0 Å². The van der Waals surface area contributed by atoms with Gasteiger partial charge in [-0.25, -0.2) is 0 Å². The molecule has 0 radical (unpaired) electrons. The van der Waals surface area contributed by atoms with Crippen molar-refractivity contribution in [2.45, 2.75) is 57.7 Å². The number of hydrogen-bond donors (Lipinski definition) is 1. The third-order valence-corrected chi connectivity index (χ3v) is 5.53. The van der Waals surface area contributed by atoms with Crippen LogP contribution in [0.4, 0.5) is 0 Å². The average Bonchev–Trinajstić information content (AvgIpc) is 2.92. The largest absolute Gasteiger partial charge is 0.313 e. The fraction of sp³-hybridized carbons (Fsp3) is 0.647. The fourth-order valence-corrected chi connectivity index (χ4v) is 4.24. The van der Waals surface area contributed by atoms with Gasteiger partial charge in [0, 0.05) is 11.3 Å². The highest BCUT2D eigenvalue weighted by atomic mass is 32.2. The zero-order valence-electron chi connectivity index (χ0n) is 12.5. The standard InChI is InChI=1S/C17H27NS/c1-4-9-18-16(17-6-5-10-19-17)12-15-11-13(2)7-8-14(15)3/h7-8,11,16-18H,4-6,9-10,12H2,1-3H3. The van der Waals surface area contributed by atoms with E-state index in [9.17, 15) is 0 Å². The Morgan fingerprint density at radius 2 is 2.21 bits per heavy atom. The Morgan fingerprint density at radius 1 is 1.37 bits per heavy atom. The lowest BCUT2D eigenvalue weighted by atomic mass is 9.96. The first kappa shape index (κ1) is 14.9. The number of benzene rings is 1. The summed E-state index contributed by atoms with van der Waals surface area (Å²) in [4.78, 5) is 0. The minimum atomic E-state index is 0.646. The van der Waals surface area contributed by atoms with E-state index in [-0.39, 0.29) is 0 Å². The predicted octanol–water partition coefficient (Wildman–Crippen LogP) is 4.11. The summed E-state index contributed by atoms with van der Waals surface area (Å²) in [6.07, 6.45) is 5.19. The van der Waals surface area contributed by atoms with Gasteiger partial charge in [-0.2, -0.15) is 11.8 Å². The van der Waals surface area contributed by atoms with Crippen LogP contribution in [-0.2, 0) is 6.42 Å². The van der Waals surface area contributed by atoms with Crippen molar-refractivity contribution in [2.24, 2.45) is 0 Å². The highest BCUT2D eigenvalue weighted by Crippen LogP contribution is 2.30. The molecule has 0 spiro atoms. The zero-order valence-corrected chi connectivity index (χ0v) is 13.4. The highest BCUT2D eigenvalue weighted by Gasteiger charge is 2.25. The molecule has 1 fully saturated rings. The van der Waals surface area contributed by atoms with Gasteiger partial charge >= 0.3 is 0 Å². The van der Waals surface area contributed by atoms with Crippen molar-refractivity contribution < 1.29 is 0 Å². The summed E-state index contributed by atoms with van der Waals surface area (Å²) in [5, 5.41) is 4.60. The van der Waals surface area contributed by atoms with E-state index < -0.39 is 0 Å². The molecule has 1 aromatic carbocycles. The number of thioether (sulfide) groups is 1. The Bertz CT molecular complexity index is 396. The number of aryl methyl sites for hydroxylation is 2. The molecule has 1 nitrogen and oxygen atoms in total. The topological polar surface area (TPSA) is 12.0 Å². The summed E-state index contributed by atoms with van der Waals surface area (Å²) >= 11 is 2.17. The molecular formula is C17H27NS. The van der Waals surface area contributed by atoms with Crippen molar-refractivity contribution in [3.8, 4) is 0 Å². The zero-order chi connectivity index (χ0) is 13.7. The van der Waals surface area contributed by atoms with Gasteiger partial charge in [0.1, 0.15) is 0 Å². The second-order valence-electron chi connectivity index (χ2n) is 5.75. The lowest BCUT2D eigenvalue weighted by Gasteiger charge is -2.25. The van der Waals surface area contributed by atoms with Crippen molar-refractivity contribution in [3.63, 3.8) is 0 Å². The van der Waals surface area contributed by atoms with Crippen molar-refractivity contribution in [1.29, 1.82) is 0 Å². The fourth-order valence-electron chi connectivity index (χ4n) is 2.84. The van der Waals surface area contributed by atoms with E-state index in [0.29, 0.717) is 6.04 Å². The Kier molecular flexibility index (Phi) is 5.77. The third-order valence-electron chi connectivity index (χ3n) is 4.01. The normalized spacial score (nSPS) is 20.7. The summed E-state index contributed by atoms with van der Waals surface area (Å²) in [5.74, 6) is 1.35. The molecule has 1 aliphatic heterocycles. The lowest BCUT2D eigenvalue weighted by molar-refractivity contribution is 0.481. The van der Waals surface area contributed by atoms with Crippen LogP contribution in [0.25, 0.3) is 0 Å². The summed E-state index contributed by atoms with van der Waals surface area (Å²) < 4.78 is 0. The van der Waals surface area contributed by atoms with Crippen LogP contribution in [0.3, 0.4) is 0 Å². The Balaban J connectivity index is 2.07. The van der Waals surface area contributed by atoms with Crippen LogP contribution in [0.15, 0.2) is 18.2 Å². The molecule has 0 bridgehead atoms. The van der Waals surface area contributed by atoms with Gasteiger partial charge in [-0.1, -0.05) is 30.7 Å². The van der Waals surface area contributed by atoms with Crippen LogP contribution in [0.1, 0.15) is 42.9 Å². The number of hydrogen-bond acceptors (Lipinski definition) is 2. The minimum absolute atomic E-state index is 0.646. The van der Waals surface area contributed by atoms with Crippen LogP contribution in [0.2, 0.25) is 0 Å². The molecule has 1 aromatic rings. The quantitative estimate of drug-likeness (QED) is 0.840. The average molecular weight is 277 g/mol. The molecule has 0 saturated carbocycles. The molecule has 106 valence electrons. The van der Waals surface area contributed by atoms with Gasteiger partial charge in [-0.15, -0.1) is 0 Å². The van der Waals surface area contributed by atoms with Gasteiger partial charge in [0.15, 0.2) is 0 Å². The first-order chi connectivity index (χ1) is 9.20. The van der Waals surface area contributed by atoms with Gasteiger partial charge in [0.2, 0.25) is 0 Å². The molecule has 0 amide bonds. The SMILES string of the molecule is CCCNC(Cc1cc(C)ccc1C)C1CCCS1. The molecule has 19 heavy (non-hydrogen) atoms. The Morgan fingerprint density at radius 3 is 2.89 bits per heavy atom. The maximum absolute atomic E-state index is 3.79. The highest BCUT2D eigenvalue weighted by molar-refractivity contribution is 8.00. The molecule has 2 heteroatoms. The number of nitrogens with one attached hydrogen (secondary N) is 1. The molecule has 1 N–H and O–H groups in total. The van der Waals surface area contributed by atoms with Crippen LogP contribution >= 0.6 is 11.8 Å². The van der Waals surface area contributed by atoms with Crippen molar-refractivity contribution in [3.05, 3.63) is 34.9 Å².